The Morgan fingerprint density at radius 2 is 2.00 bits per heavy atom. The number of rotatable bonds is 2. The number of carbonyl (C=O) groups is 1. The van der Waals surface area contributed by atoms with Crippen LogP contribution in [0.4, 0.5) is 4.39 Å². The number of esters is 1. The van der Waals surface area contributed by atoms with Crippen LogP contribution in [0.5, 0.6) is 0 Å². The normalized spacial score (nSPS) is 41.1. The monoisotopic (exact) mass is 276 g/mol. The van der Waals surface area contributed by atoms with Crippen molar-refractivity contribution in [3.05, 3.63) is 35.6 Å². The van der Waals surface area contributed by atoms with Gasteiger partial charge in [-0.1, -0.05) is 12.1 Å². The second-order valence-corrected chi connectivity index (χ2v) is 6.17. The number of hydrogen-bond acceptors (Lipinski definition) is 3. The summed E-state index contributed by atoms with van der Waals surface area (Å²) in [5.41, 5.74) is 0.348. The Morgan fingerprint density at radius 3 is 2.70 bits per heavy atom. The molecule has 1 aromatic carbocycles. The number of methoxy groups -OCH3 is 1. The molecule has 2 aliphatic carbocycles. The molecule has 1 heterocycles. The van der Waals surface area contributed by atoms with Crippen LogP contribution < -0.4 is 0 Å². The molecule has 106 valence electrons. The summed E-state index contributed by atoms with van der Waals surface area (Å²) >= 11 is 0. The first-order valence-electron chi connectivity index (χ1n) is 7.18. The van der Waals surface area contributed by atoms with Gasteiger partial charge in [0.2, 0.25) is 0 Å². The third kappa shape index (κ3) is 1.46. The maximum absolute atomic E-state index is 13.1. The molecular weight excluding hydrogens is 259 g/mol. The van der Waals surface area contributed by atoms with Crippen molar-refractivity contribution >= 4 is 5.97 Å². The van der Waals surface area contributed by atoms with Crippen LogP contribution in [-0.4, -0.2) is 19.2 Å². The molecule has 2 saturated carbocycles. The van der Waals surface area contributed by atoms with Gasteiger partial charge in [0.25, 0.3) is 0 Å². The number of ether oxygens (including phenoxy) is 2. The molecule has 0 aromatic heterocycles. The molecule has 3 nitrogen and oxygen atoms in total. The summed E-state index contributed by atoms with van der Waals surface area (Å²) in [6.45, 7) is 0. The lowest BCUT2D eigenvalue weighted by Crippen LogP contribution is -2.41. The van der Waals surface area contributed by atoms with Crippen LogP contribution in [0.1, 0.15) is 24.8 Å². The highest BCUT2D eigenvalue weighted by atomic mass is 19.1. The van der Waals surface area contributed by atoms with Crippen molar-refractivity contribution in [1.82, 2.24) is 0 Å². The third-order valence-corrected chi connectivity index (χ3v) is 5.31. The highest BCUT2D eigenvalue weighted by Gasteiger charge is 2.73. The van der Waals surface area contributed by atoms with Crippen LogP contribution in [0.3, 0.4) is 0 Å². The Morgan fingerprint density at radius 1 is 1.30 bits per heavy atom. The Bertz CT molecular complexity index is 555. The summed E-state index contributed by atoms with van der Waals surface area (Å²) < 4.78 is 24.2. The first-order chi connectivity index (χ1) is 9.66. The lowest BCUT2D eigenvalue weighted by Gasteiger charge is -2.31. The summed E-state index contributed by atoms with van der Waals surface area (Å²) in [4.78, 5) is 12.3. The quantitative estimate of drug-likeness (QED) is 0.615. The van der Waals surface area contributed by atoms with E-state index < -0.39 is 5.60 Å². The molecule has 0 spiro atoms. The molecule has 4 rings (SSSR count). The Balaban J connectivity index is 1.79. The highest BCUT2D eigenvalue weighted by molar-refractivity contribution is 5.76. The van der Waals surface area contributed by atoms with Crippen LogP contribution in [0, 0.1) is 23.6 Å². The van der Waals surface area contributed by atoms with Crippen LogP contribution in [-0.2, 0) is 19.9 Å². The van der Waals surface area contributed by atoms with Gasteiger partial charge >= 0.3 is 5.97 Å². The van der Waals surface area contributed by atoms with E-state index in [1.807, 2.05) is 0 Å². The SMILES string of the molecule is COC(=O)[C@H]1[C@H]2CC[C@H](C2)[C@H]2O[C@]21c1ccc(F)cc1. The Labute approximate surface area is 117 Å². The second kappa shape index (κ2) is 4.04. The van der Waals surface area contributed by atoms with Crippen LogP contribution >= 0.6 is 0 Å². The predicted octanol–water partition coefficient (Wildman–Crippen LogP) is 2.64. The molecule has 3 aliphatic rings. The van der Waals surface area contributed by atoms with E-state index in [4.69, 9.17) is 9.47 Å². The number of epoxide rings is 1. The minimum Gasteiger partial charge on any atom is -0.469 e. The summed E-state index contributed by atoms with van der Waals surface area (Å²) in [5.74, 6) is 0.154. The van der Waals surface area contributed by atoms with E-state index in [1.54, 1.807) is 12.1 Å². The lowest BCUT2D eigenvalue weighted by atomic mass is 9.69. The van der Waals surface area contributed by atoms with Gasteiger partial charge in [-0.05, 0) is 48.8 Å². The molecule has 0 radical (unpaired) electrons. The van der Waals surface area contributed by atoms with E-state index in [0.29, 0.717) is 11.8 Å². The van der Waals surface area contributed by atoms with Gasteiger partial charge in [-0.25, -0.2) is 4.39 Å². The van der Waals surface area contributed by atoms with E-state index in [1.165, 1.54) is 19.2 Å². The predicted molar refractivity (Wildman–Crippen MR) is 69.3 cm³/mol. The van der Waals surface area contributed by atoms with Crippen molar-refractivity contribution in [2.24, 2.45) is 17.8 Å². The molecule has 1 aliphatic heterocycles. The van der Waals surface area contributed by atoms with E-state index in [-0.39, 0.29) is 23.8 Å². The summed E-state index contributed by atoms with van der Waals surface area (Å²) in [6, 6.07) is 6.37. The van der Waals surface area contributed by atoms with Gasteiger partial charge in [-0.15, -0.1) is 0 Å². The highest BCUT2D eigenvalue weighted by Crippen LogP contribution is 2.66. The van der Waals surface area contributed by atoms with E-state index in [9.17, 15) is 9.18 Å². The van der Waals surface area contributed by atoms with E-state index >= 15 is 0 Å². The minimum absolute atomic E-state index is 0.0933. The molecule has 5 atom stereocenters. The average Bonchev–Trinajstić information content (AvgIpc) is 3.07. The van der Waals surface area contributed by atoms with E-state index in [2.05, 4.69) is 0 Å². The molecular formula is C16H17FO3. The molecule has 4 heteroatoms. The zero-order chi connectivity index (χ0) is 13.9. The third-order valence-electron chi connectivity index (χ3n) is 5.31. The molecule has 20 heavy (non-hydrogen) atoms. The molecule has 3 fully saturated rings. The number of halogens is 1. The van der Waals surface area contributed by atoms with Crippen molar-refractivity contribution < 1.29 is 18.7 Å². The second-order valence-electron chi connectivity index (χ2n) is 6.17. The van der Waals surface area contributed by atoms with Crippen molar-refractivity contribution in [2.75, 3.05) is 7.11 Å². The van der Waals surface area contributed by atoms with Gasteiger partial charge in [-0.2, -0.15) is 0 Å². The number of hydrogen-bond donors (Lipinski definition) is 0. The summed E-state index contributed by atoms with van der Waals surface area (Å²) in [5, 5.41) is 0. The van der Waals surface area contributed by atoms with E-state index in [0.717, 1.165) is 24.8 Å². The fourth-order valence-electron chi connectivity index (χ4n) is 4.47. The standard InChI is InChI=1S/C16H17FO3/c1-19-15(18)13-9-2-3-10(8-9)14-16(13,20-14)11-4-6-12(17)7-5-11/h4-7,9-10,13-14H,2-3,8H2,1H3/t9-,10+,13+,14+,16-/m0/s1. The number of fused-ring (bicyclic) bond motifs is 4. The van der Waals surface area contributed by atoms with Crippen LogP contribution in [0.25, 0.3) is 0 Å². The lowest BCUT2D eigenvalue weighted by molar-refractivity contribution is -0.151. The fraction of sp³-hybridized carbons (Fsp3) is 0.562. The zero-order valence-corrected chi connectivity index (χ0v) is 11.3. The van der Waals surface area contributed by atoms with Gasteiger partial charge in [-0.3, -0.25) is 4.79 Å². The molecule has 0 unspecified atom stereocenters. The van der Waals surface area contributed by atoms with Crippen LogP contribution in [0.15, 0.2) is 24.3 Å². The van der Waals surface area contributed by atoms with Crippen molar-refractivity contribution in [3.8, 4) is 0 Å². The fourth-order valence-corrected chi connectivity index (χ4v) is 4.47. The Kier molecular flexibility index (Phi) is 2.49. The minimum atomic E-state index is -0.565. The molecule has 0 N–H and O–H groups in total. The smallest absolute Gasteiger partial charge is 0.312 e. The maximum atomic E-state index is 13.1. The first-order valence-corrected chi connectivity index (χ1v) is 7.18. The van der Waals surface area contributed by atoms with Crippen LogP contribution in [0.2, 0.25) is 0 Å². The van der Waals surface area contributed by atoms with Gasteiger partial charge in [0.1, 0.15) is 11.4 Å². The number of benzene rings is 1. The number of carbonyl (C=O) groups excluding carboxylic acids is 1. The van der Waals surface area contributed by atoms with Gasteiger partial charge < -0.3 is 9.47 Å². The summed E-state index contributed by atoms with van der Waals surface area (Å²) in [7, 11) is 1.43. The van der Waals surface area contributed by atoms with Crippen molar-refractivity contribution in [1.29, 1.82) is 0 Å². The first kappa shape index (κ1) is 12.3. The van der Waals surface area contributed by atoms with Crippen molar-refractivity contribution in [2.45, 2.75) is 31.0 Å². The zero-order valence-electron chi connectivity index (χ0n) is 11.3. The largest absolute Gasteiger partial charge is 0.469 e. The van der Waals surface area contributed by atoms with Gasteiger partial charge in [0.05, 0.1) is 19.1 Å². The molecule has 1 aromatic rings. The van der Waals surface area contributed by atoms with Gasteiger partial charge in [0.15, 0.2) is 0 Å². The average molecular weight is 276 g/mol. The molecule has 0 amide bonds. The Hall–Kier alpha value is -1.42. The maximum Gasteiger partial charge on any atom is 0.312 e. The topological polar surface area (TPSA) is 38.8 Å². The summed E-state index contributed by atoms with van der Waals surface area (Å²) in [6.07, 6.45) is 3.32. The van der Waals surface area contributed by atoms with Crippen molar-refractivity contribution in [3.63, 3.8) is 0 Å². The molecule has 1 saturated heterocycles. The van der Waals surface area contributed by atoms with Gasteiger partial charge in [0, 0.05) is 0 Å². The molecule has 2 bridgehead atoms.